The van der Waals surface area contributed by atoms with Crippen molar-refractivity contribution in [1.82, 2.24) is 26.3 Å². The van der Waals surface area contributed by atoms with Gasteiger partial charge in [0.1, 0.15) is 5.71 Å². The molecule has 23 heavy (non-hydrogen) atoms. The first-order chi connectivity index (χ1) is 11.3. The lowest BCUT2D eigenvalue weighted by molar-refractivity contribution is 0.353. The molecular weight excluding hydrogens is 308 g/mol. The van der Waals surface area contributed by atoms with Crippen LogP contribution in [0.15, 0.2) is 53.0 Å². The first-order valence-electron chi connectivity index (χ1n) is 7.90. The van der Waals surface area contributed by atoms with Gasteiger partial charge in [0.15, 0.2) is 5.11 Å². The molecule has 3 heterocycles. The van der Waals surface area contributed by atoms with E-state index < -0.39 is 0 Å². The smallest absolute Gasteiger partial charge is 0.189 e. The number of allylic oxidation sites excluding steroid dienone is 4. The Kier molecular flexibility index (Phi) is 5.44. The minimum atomic E-state index is 0.669. The van der Waals surface area contributed by atoms with E-state index in [4.69, 9.17) is 12.2 Å². The maximum atomic E-state index is 5.47. The highest BCUT2D eigenvalue weighted by Crippen LogP contribution is 2.09. The molecule has 1 saturated heterocycles. The van der Waals surface area contributed by atoms with Gasteiger partial charge in [-0.2, -0.15) is 5.10 Å². The number of piperazine rings is 1. The molecule has 6 nitrogen and oxygen atoms in total. The van der Waals surface area contributed by atoms with Crippen molar-refractivity contribution in [2.45, 2.75) is 0 Å². The molecular formula is C16H22N6S. The van der Waals surface area contributed by atoms with Crippen molar-refractivity contribution in [2.24, 2.45) is 5.10 Å². The quantitative estimate of drug-likeness (QED) is 0.337. The number of hydrazone groups is 1. The molecule has 0 amide bonds. The van der Waals surface area contributed by atoms with Gasteiger partial charge in [-0.05, 0) is 24.4 Å². The van der Waals surface area contributed by atoms with E-state index in [0.29, 0.717) is 5.11 Å². The van der Waals surface area contributed by atoms with Crippen LogP contribution in [0.1, 0.15) is 0 Å². The molecule has 1 fully saturated rings. The third kappa shape index (κ3) is 4.20. The molecule has 3 rings (SSSR count). The summed E-state index contributed by atoms with van der Waals surface area (Å²) in [5, 5.41) is 15.3. The Balaban J connectivity index is 1.75. The third-order valence-electron chi connectivity index (χ3n) is 3.80. The summed E-state index contributed by atoms with van der Waals surface area (Å²) in [6.07, 6.45) is 12.3. The van der Waals surface area contributed by atoms with E-state index in [0.717, 1.165) is 56.4 Å². The van der Waals surface area contributed by atoms with E-state index in [1.165, 1.54) is 0 Å². The highest BCUT2D eigenvalue weighted by molar-refractivity contribution is 7.80. The van der Waals surface area contributed by atoms with Gasteiger partial charge in [0.2, 0.25) is 0 Å². The van der Waals surface area contributed by atoms with Crippen LogP contribution in [0.5, 0.6) is 0 Å². The lowest BCUT2D eigenvalue weighted by Gasteiger charge is -2.29. The molecule has 3 aliphatic heterocycles. The van der Waals surface area contributed by atoms with Crippen LogP contribution in [0.4, 0.5) is 0 Å². The molecule has 7 heteroatoms. The Labute approximate surface area is 142 Å². The summed E-state index contributed by atoms with van der Waals surface area (Å²) in [5.74, 6) is 0. The van der Waals surface area contributed by atoms with Gasteiger partial charge in [-0.1, -0.05) is 24.3 Å². The number of thiocarbonyl (C=S) groups is 1. The van der Waals surface area contributed by atoms with Crippen LogP contribution in [0.3, 0.4) is 0 Å². The summed E-state index contributed by atoms with van der Waals surface area (Å²) >= 11 is 5.47. The fourth-order valence-corrected chi connectivity index (χ4v) is 2.78. The molecule has 0 saturated carbocycles. The Bertz CT molecular complexity index is 562. The number of hydrogen-bond donors (Lipinski definition) is 4. The average Bonchev–Trinajstić information content (AvgIpc) is 2.64. The summed E-state index contributed by atoms with van der Waals surface area (Å²) in [7, 11) is 0. The number of hydrogen-bond acceptors (Lipinski definition) is 5. The molecule has 0 radical (unpaired) electrons. The van der Waals surface area contributed by atoms with Gasteiger partial charge < -0.3 is 20.9 Å². The lowest BCUT2D eigenvalue weighted by Crippen LogP contribution is -2.49. The summed E-state index contributed by atoms with van der Waals surface area (Å²) in [6.45, 7) is 5.32. The van der Waals surface area contributed by atoms with Gasteiger partial charge in [0, 0.05) is 39.3 Å². The van der Waals surface area contributed by atoms with E-state index in [9.17, 15) is 0 Å². The topological polar surface area (TPSA) is 63.7 Å². The molecule has 122 valence electrons. The number of nitrogens with one attached hydrogen (secondary N) is 4. The summed E-state index contributed by atoms with van der Waals surface area (Å²) in [6, 6.07) is 0. The van der Waals surface area contributed by atoms with Crippen molar-refractivity contribution >= 4 is 23.0 Å². The van der Waals surface area contributed by atoms with E-state index in [-0.39, 0.29) is 0 Å². The maximum absolute atomic E-state index is 5.47. The number of dihydropyridines is 2. The fourth-order valence-electron chi connectivity index (χ4n) is 2.55. The zero-order valence-corrected chi connectivity index (χ0v) is 13.8. The molecule has 3 aliphatic rings. The fraction of sp³-hybridized carbons (Fsp3) is 0.375. The van der Waals surface area contributed by atoms with E-state index in [2.05, 4.69) is 43.5 Å². The molecule has 0 aromatic carbocycles. The normalized spacial score (nSPS) is 19.9. The summed E-state index contributed by atoms with van der Waals surface area (Å²) in [4.78, 5) is 2.14. The van der Waals surface area contributed by atoms with Crippen LogP contribution < -0.4 is 21.4 Å². The minimum Gasteiger partial charge on any atom is -0.380 e. The zero-order chi connectivity index (χ0) is 15.9. The second-order valence-electron chi connectivity index (χ2n) is 5.39. The van der Waals surface area contributed by atoms with Crippen molar-refractivity contribution < 1.29 is 0 Å². The molecule has 0 unspecified atom stereocenters. The molecule has 0 aliphatic carbocycles. The van der Waals surface area contributed by atoms with Crippen LogP contribution in [0.2, 0.25) is 0 Å². The largest absolute Gasteiger partial charge is 0.380 e. The summed E-state index contributed by atoms with van der Waals surface area (Å²) in [5.41, 5.74) is 5.87. The van der Waals surface area contributed by atoms with Gasteiger partial charge in [-0.25, -0.2) is 0 Å². The predicted molar refractivity (Wildman–Crippen MR) is 98.1 cm³/mol. The Morgan fingerprint density at radius 3 is 2.17 bits per heavy atom. The second-order valence-corrected chi connectivity index (χ2v) is 5.78. The van der Waals surface area contributed by atoms with E-state index in [1.807, 2.05) is 24.3 Å². The van der Waals surface area contributed by atoms with E-state index in [1.54, 1.807) is 0 Å². The number of nitrogens with zero attached hydrogens (tertiary/aromatic N) is 2. The van der Waals surface area contributed by atoms with Crippen LogP contribution >= 0.6 is 12.2 Å². The highest BCUT2D eigenvalue weighted by atomic mass is 32.1. The Hall–Kier alpha value is -2.12. The minimum absolute atomic E-state index is 0.669. The lowest BCUT2D eigenvalue weighted by atomic mass is 10.1. The first-order valence-corrected chi connectivity index (χ1v) is 8.31. The molecule has 0 aromatic heterocycles. The molecule has 0 atom stereocenters. The summed E-state index contributed by atoms with van der Waals surface area (Å²) < 4.78 is 0. The molecule has 4 N–H and O–H groups in total. The van der Waals surface area contributed by atoms with Gasteiger partial charge in [-0.15, -0.1) is 0 Å². The predicted octanol–water partition coefficient (Wildman–Crippen LogP) is 0.209. The molecule has 0 spiro atoms. The third-order valence-corrected chi connectivity index (χ3v) is 4.15. The first kappa shape index (κ1) is 15.8. The zero-order valence-electron chi connectivity index (χ0n) is 13.0. The molecule has 0 aromatic rings. The Morgan fingerprint density at radius 2 is 1.65 bits per heavy atom. The van der Waals surface area contributed by atoms with Crippen molar-refractivity contribution in [3.05, 3.63) is 47.9 Å². The Morgan fingerprint density at radius 1 is 1.04 bits per heavy atom. The standard InChI is InChI=1S/C16H22N6S/c23-16(22-11-9-17-10-12-22)21-20-15(13-5-1-3-7-18-13)14-6-2-4-8-19-14/h1-6,17-19H,7-12H2,(H,21,23). The van der Waals surface area contributed by atoms with Gasteiger partial charge in [-0.3, -0.25) is 5.43 Å². The number of rotatable bonds is 3. The maximum Gasteiger partial charge on any atom is 0.189 e. The highest BCUT2D eigenvalue weighted by Gasteiger charge is 2.16. The second kappa shape index (κ2) is 7.94. The molecule has 0 bridgehead atoms. The van der Waals surface area contributed by atoms with Gasteiger partial charge in [0.25, 0.3) is 0 Å². The van der Waals surface area contributed by atoms with Gasteiger partial charge >= 0.3 is 0 Å². The SMILES string of the molecule is S=C(NN=C(C1=CC=CCN1)C1=CC=CCN1)N1CCNCC1. The van der Waals surface area contributed by atoms with Crippen LogP contribution in [-0.2, 0) is 0 Å². The van der Waals surface area contributed by atoms with Crippen LogP contribution in [-0.4, -0.2) is 55.0 Å². The van der Waals surface area contributed by atoms with Gasteiger partial charge in [0.05, 0.1) is 11.4 Å². The van der Waals surface area contributed by atoms with Crippen molar-refractivity contribution in [3.63, 3.8) is 0 Å². The van der Waals surface area contributed by atoms with Crippen molar-refractivity contribution in [1.29, 1.82) is 0 Å². The van der Waals surface area contributed by atoms with E-state index >= 15 is 0 Å². The van der Waals surface area contributed by atoms with Crippen LogP contribution in [0.25, 0.3) is 0 Å². The van der Waals surface area contributed by atoms with Crippen LogP contribution in [0, 0.1) is 0 Å². The monoisotopic (exact) mass is 330 g/mol. The average molecular weight is 330 g/mol. The van der Waals surface area contributed by atoms with Crippen molar-refractivity contribution in [3.8, 4) is 0 Å². The van der Waals surface area contributed by atoms with Crippen molar-refractivity contribution in [2.75, 3.05) is 39.3 Å².